The van der Waals surface area contributed by atoms with E-state index in [2.05, 4.69) is 28.9 Å². The van der Waals surface area contributed by atoms with Crippen molar-refractivity contribution in [1.82, 2.24) is 9.88 Å². The van der Waals surface area contributed by atoms with Crippen molar-refractivity contribution in [2.45, 2.75) is 26.6 Å². The van der Waals surface area contributed by atoms with Crippen LogP contribution in [-0.2, 0) is 19.6 Å². The number of aryl methyl sites for hydroxylation is 1. The second-order valence-corrected chi connectivity index (χ2v) is 6.69. The van der Waals surface area contributed by atoms with Gasteiger partial charge in [-0.2, -0.15) is 0 Å². The van der Waals surface area contributed by atoms with Crippen LogP contribution in [0.4, 0.5) is 0 Å². The molecule has 0 bridgehead atoms. The van der Waals surface area contributed by atoms with Crippen LogP contribution in [0.25, 0.3) is 0 Å². The third-order valence-electron chi connectivity index (χ3n) is 4.63. The molecule has 3 aromatic rings. The minimum Gasteiger partial charge on any atom is -0.476 e. The van der Waals surface area contributed by atoms with Crippen LogP contribution in [-0.4, -0.2) is 27.8 Å². The first kappa shape index (κ1) is 18.1. The van der Waals surface area contributed by atoms with Gasteiger partial charge in [-0.3, -0.25) is 4.90 Å². The van der Waals surface area contributed by atoms with Crippen molar-refractivity contribution in [3.63, 3.8) is 0 Å². The van der Waals surface area contributed by atoms with E-state index in [1.165, 1.54) is 17.4 Å². The maximum atomic E-state index is 11.1. The molecule has 1 N–H and O–H groups in total. The van der Waals surface area contributed by atoms with Crippen molar-refractivity contribution in [3.05, 3.63) is 77.0 Å². The summed E-state index contributed by atoms with van der Waals surface area (Å²) in [5, 5.41) is 9.07. The van der Waals surface area contributed by atoms with Crippen LogP contribution in [0.5, 0.6) is 11.5 Å². The molecule has 28 heavy (non-hydrogen) atoms. The average molecular weight is 380 g/mol. The van der Waals surface area contributed by atoms with E-state index in [1.807, 2.05) is 30.3 Å². The molecule has 0 saturated carbocycles. The average Bonchev–Trinajstić information content (AvgIpc) is 3.32. The molecule has 0 aliphatic carbocycles. The Kier molecular flexibility index (Phi) is 4.99. The van der Waals surface area contributed by atoms with Gasteiger partial charge in [0.05, 0.1) is 6.54 Å². The molecule has 0 fully saturated rings. The minimum atomic E-state index is -1.10. The van der Waals surface area contributed by atoms with Gasteiger partial charge in [-0.25, -0.2) is 9.78 Å². The first-order valence-electron chi connectivity index (χ1n) is 8.91. The number of fused-ring (bicyclic) bond motifs is 1. The largest absolute Gasteiger partial charge is 0.476 e. The number of aromatic carboxylic acids is 1. The second kappa shape index (κ2) is 7.74. The van der Waals surface area contributed by atoms with Crippen LogP contribution in [0.3, 0.4) is 0 Å². The number of carboxylic acids is 1. The molecule has 2 aromatic carbocycles. The Bertz CT molecular complexity index is 998. The zero-order chi connectivity index (χ0) is 19.5. The predicted molar refractivity (Wildman–Crippen MR) is 100 cm³/mol. The standard InChI is InChI=1S/C21H20N2O5/c1-14-4-2-3-5-16(14)10-23(11-20-22-17(12-26-20)21(24)25)9-15-6-7-18-19(8-15)28-13-27-18/h2-8,12H,9-11,13H2,1H3,(H,24,25). The minimum absolute atomic E-state index is 0.0890. The number of hydrogen-bond acceptors (Lipinski definition) is 6. The first-order chi connectivity index (χ1) is 13.6. The molecule has 0 atom stereocenters. The number of hydrogen-bond donors (Lipinski definition) is 1. The molecule has 0 saturated heterocycles. The van der Waals surface area contributed by atoms with Crippen LogP contribution in [0.1, 0.15) is 33.1 Å². The molecule has 7 nitrogen and oxygen atoms in total. The molecular weight excluding hydrogens is 360 g/mol. The summed E-state index contributed by atoms with van der Waals surface area (Å²) in [6.45, 7) is 3.99. The van der Waals surface area contributed by atoms with Gasteiger partial charge in [0.25, 0.3) is 0 Å². The zero-order valence-electron chi connectivity index (χ0n) is 15.4. The van der Waals surface area contributed by atoms with Crippen LogP contribution in [0.15, 0.2) is 53.1 Å². The molecule has 2 heterocycles. The van der Waals surface area contributed by atoms with Crippen LogP contribution < -0.4 is 9.47 Å². The van der Waals surface area contributed by atoms with Gasteiger partial charge >= 0.3 is 5.97 Å². The lowest BCUT2D eigenvalue weighted by Crippen LogP contribution is -2.23. The highest BCUT2D eigenvalue weighted by atomic mass is 16.7. The lowest BCUT2D eigenvalue weighted by Gasteiger charge is -2.22. The van der Waals surface area contributed by atoms with Crippen LogP contribution in [0.2, 0.25) is 0 Å². The van der Waals surface area contributed by atoms with E-state index in [4.69, 9.17) is 19.0 Å². The number of carboxylic acid groups (broad SMARTS) is 1. The molecule has 4 rings (SSSR count). The van der Waals surface area contributed by atoms with Crippen molar-refractivity contribution in [1.29, 1.82) is 0 Å². The van der Waals surface area contributed by atoms with Gasteiger partial charge in [-0.1, -0.05) is 30.3 Å². The van der Waals surface area contributed by atoms with Crippen molar-refractivity contribution >= 4 is 5.97 Å². The Morgan fingerprint density at radius 2 is 1.93 bits per heavy atom. The summed E-state index contributed by atoms with van der Waals surface area (Å²) in [5.41, 5.74) is 3.35. The first-order valence-corrected chi connectivity index (χ1v) is 8.91. The van der Waals surface area contributed by atoms with E-state index in [1.54, 1.807) is 0 Å². The second-order valence-electron chi connectivity index (χ2n) is 6.69. The summed E-state index contributed by atoms with van der Waals surface area (Å²) in [5.74, 6) is 0.744. The summed E-state index contributed by atoms with van der Waals surface area (Å²) in [6, 6.07) is 14.0. The molecule has 144 valence electrons. The highest BCUT2D eigenvalue weighted by Crippen LogP contribution is 2.33. The topological polar surface area (TPSA) is 85.0 Å². The Morgan fingerprint density at radius 1 is 1.11 bits per heavy atom. The van der Waals surface area contributed by atoms with Crippen LogP contribution in [0, 0.1) is 6.92 Å². The highest BCUT2D eigenvalue weighted by molar-refractivity contribution is 5.84. The van der Waals surface area contributed by atoms with Gasteiger partial charge in [0.1, 0.15) is 6.26 Å². The Balaban J connectivity index is 1.56. The third kappa shape index (κ3) is 3.99. The molecule has 0 unspecified atom stereocenters. The van der Waals surface area contributed by atoms with E-state index < -0.39 is 5.97 Å². The maximum Gasteiger partial charge on any atom is 0.357 e. The van der Waals surface area contributed by atoms with E-state index in [9.17, 15) is 4.79 Å². The van der Waals surface area contributed by atoms with Crippen molar-refractivity contribution in [3.8, 4) is 11.5 Å². The van der Waals surface area contributed by atoms with E-state index in [-0.39, 0.29) is 12.5 Å². The molecule has 0 amide bonds. The summed E-state index contributed by atoms with van der Waals surface area (Å²) in [4.78, 5) is 17.3. The molecule has 7 heteroatoms. The zero-order valence-corrected chi connectivity index (χ0v) is 15.4. The van der Waals surface area contributed by atoms with E-state index in [0.717, 1.165) is 17.1 Å². The molecule has 1 aliphatic rings. The number of aromatic nitrogens is 1. The number of ether oxygens (including phenoxy) is 2. The van der Waals surface area contributed by atoms with Crippen molar-refractivity contribution in [2.24, 2.45) is 0 Å². The number of nitrogens with zero attached hydrogens (tertiary/aromatic N) is 2. The summed E-state index contributed by atoms with van der Waals surface area (Å²) in [6.07, 6.45) is 1.17. The summed E-state index contributed by atoms with van der Waals surface area (Å²) in [7, 11) is 0. The lowest BCUT2D eigenvalue weighted by molar-refractivity contribution is 0.0690. The monoisotopic (exact) mass is 380 g/mol. The van der Waals surface area contributed by atoms with Gasteiger partial charge < -0.3 is 19.0 Å². The number of benzene rings is 2. The Morgan fingerprint density at radius 3 is 2.71 bits per heavy atom. The van der Waals surface area contributed by atoms with E-state index >= 15 is 0 Å². The Hall–Kier alpha value is -3.32. The third-order valence-corrected chi connectivity index (χ3v) is 4.63. The van der Waals surface area contributed by atoms with E-state index in [0.29, 0.717) is 25.5 Å². The normalized spacial score (nSPS) is 12.5. The predicted octanol–water partition coefficient (Wildman–Crippen LogP) is 3.61. The maximum absolute atomic E-state index is 11.1. The molecule has 0 radical (unpaired) electrons. The molecular formula is C21H20N2O5. The fourth-order valence-electron chi connectivity index (χ4n) is 3.17. The smallest absolute Gasteiger partial charge is 0.357 e. The molecule has 1 aromatic heterocycles. The molecule has 1 aliphatic heterocycles. The fourth-order valence-corrected chi connectivity index (χ4v) is 3.17. The summed E-state index contributed by atoms with van der Waals surface area (Å²) >= 11 is 0. The molecule has 0 spiro atoms. The van der Waals surface area contributed by atoms with Gasteiger partial charge in [0, 0.05) is 13.1 Å². The SMILES string of the molecule is Cc1ccccc1CN(Cc1ccc2c(c1)OCO2)Cc1nc(C(=O)O)co1. The van der Waals surface area contributed by atoms with Crippen molar-refractivity contribution in [2.75, 3.05) is 6.79 Å². The number of oxazole rings is 1. The van der Waals surface area contributed by atoms with Gasteiger partial charge in [-0.15, -0.1) is 0 Å². The van der Waals surface area contributed by atoms with Gasteiger partial charge in [0.2, 0.25) is 12.7 Å². The van der Waals surface area contributed by atoms with Gasteiger partial charge in [0.15, 0.2) is 17.2 Å². The quantitative estimate of drug-likeness (QED) is 0.670. The summed E-state index contributed by atoms with van der Waals surface area (Å²) < 4.78 is 16.2. The lowest BCUT2D eigenvalue weighted by atomic mass is 10.1. The Labute approximate surface area is 162 Å². The van der Waals surface area contributed by atoms with Crippen molar-refractivity contribution < 1.29 is 23.8 Å². The van der Waals surface area contributed by atoms with Crippen LogP contribution >= 0.6 is 0 Å². The number of rotatable bonds is 7. The van der Waals surface area contributed by atoms with Gasteiger partial charge in [-0.05, 0) is 35.7 Å². The fraction of sp³-hybridized carbons (Fsp3) is 0.238. The number of carbonyl (C=O) groups is 1. The highest BCUT2D eigenvalue weighted by Gasteiger charge is 2.18.